The molecule has 1 saturated heterocycles. The van der Waals surface area contributed by atoms with E-state index in [4.69, 9.17) is 11.6 Å². The van der Waals surface area contributed by atoms with Crippen LogP contribution in [0.15, 0.2) is 35.3 Å². The van der Waals surface area contributed by atoms with Crippen LogP contribution in [0.25, 0.3) is 10.9 Å². The molecule has 1 fully saturated rings. The second-order valence-electron chi connectivity index (χ2n) is 6.97. The number of halogens is 4. The summed E-state index contributed by atoms with van der Waals surface area (Å²) in [6, 6.07) is 4.96. The first-order valence-electron chi connectivity index (χ1n) is 9.18. The van der Waals surface area contributed by atoms with Crippen molar-refractivity contribution in [3.8, 4) is 0 Å². The van der Waals surface area contributed by atoms with E-state index in [-0.39, 0.29) is 16.9 Å². The van der Waals surface area contributed by atoms with Crippen LogP contribution in [0.2, 0.25) is 5.02 Å². The third-order valence-electron chi connectivity index (χ3n) is 4.89. The molecule has 1 aliphatic rings. The summed E-state index contributed by atoms with van der Waals surface area (Å²) in [6.07, 6.45) is -2.48. The molecule has 1 aromatic carbocycles. The van der Waals surface area contributed by atoms with Crippen LogP contribution in [0.1, 0.15) is 18.4 Å². The van der Waals surface area contributed by atoms with Gasteiger partial charge < -0.3 is 20.3 Å². The molecule has 7 nitrogen and oxygen atoms in total. The van der Waals surface area contributed by atoms with Gasteiger partial charge >= 0.3 is 6.18 Å². The molecule has 0 aliphatic carbocycles. The minimum atomic E-state index is -4.63. The number of aliphatic hydroxyl groups is 1. The number of hydrogen-bond acceptors (Lipinski definition) is 6. The molecule has 4 rings (SSSR count). The van der Waals surface area contributed by atoms with Gasteiger partial charge in [-0.2, -0.15) is 18.2 Å². The van der Waals surface area contributed by atoms with Crippen molar-refractivity contribution in [3.63, 3.8) is 0 Å². The fourth-order valence-corrected chi connectivity index (χ4v) is 3.56. The Morgan fingerprint density at radius 2 is 1.93 bits per heavy atom. The Hall–Kier alpha value is -2.85. The van der Waals surface area contributed by atoms with Crippen molar-refractivity contribution >= 4 is 40.0 Å². The number of nitrogens with one attached hydrogen (secondary N) is 2. The number of fused-ring (bicyclic) bond motifs is 1. The van der Waals surface area contributed by atoms with Crippen LogP contribution < -0.4 is 15.8 Å². The Morgan fingerprint density at radius 1 is 1.20 bits per heavy atom. The normalized spacial score (nSPS) is 15.6. The highest BCUT2D eigenvalue weighted by atomic mass is 35.5. The summed E-state index contributed by atoms with van der Waals surface area (Å²) in [6.45, 7) is 1.04. The van der Waals surface area contributed by atoms with Crippen molar-refractivity contribution in [2.24, 2.45) is 0 Å². The predicted molar refractivity (Wildman–Crippen MR) is 107 cm³/mol. The number of aliphatic hydroxyl groups excluding tert-OH is 1. The monoisotopic (exact) mass is 439 g/mol. The minimum Gasteiger partial charge on any atom is -0.393 e. The number of anilines is 3. The molecule has 158 valence electrons. The highest BCUT2D eigenvalue weighted by Crippen LogP contribution is 2.37. The van der Waals surface area contributed by atoms with Gasteiger partial charge in [-0.3, -0.25) is 4.79 Å². The topological polar surface area (TPSA) is 94.1 Å². The Labute approximate surface area is 173 Å². The molecular weight excluding hydrogens is 423 g/mol. The van der Waals surface area contributed by atoms with Crippen LogP contribution in [0.3, 0.4) is 0 Å². The first-order valence-corrected chi connectivity index (χ1v) is 9.56. The first-order chi connectivity index (χ1) is 14.2. The molecule has 0 unspecified atom stereocenters. The van der Waals surface area contributed by atoms with E-state index in [1.54, 1.807) is 6.07 Å². The largest absolute Gasteiger partial charge is 0.417 e. The Kier molecular flexibility index (Phi) is 5.29. The zero-order valence-corrected chi connectivity index (χ0v) is 16.3. The lowest BCUT2D eigenvalue weighted by atomic mass is 10.1. The molecule has 0 spiro atoms. The Balaban J connectivity index is 1.79. The molecule has 0 amide bonds. The molecular formula is C19H17ClF3N5O2. The fraction of sp³-hybridized carbons (Fsp3) is 0.316. The lowest BCUT2D eigenvalue weighted by molar-refractivity contribution is -0.137. The maximum atomic E-state index is 13.2. The average Bonchev–Trinajstić information content (AvgIpc) is 2.69. The molecule has 3 N–H and O–H groups in total. The maximum Gasteiger partial charge on any atom is 0.417 e. The van der Waals surface area contributed by atoms with E-state index in [2.05, 4.69) is 20.3 Å². The van der Waals surface area contributed by atoms with E-state index in [1.807, 2.05) is 4.90 Å². The van der Waals surface area contributed by atoms with Crippen LogP contribution >= 0.6 is 11.6 Å². The molecule has 0 radical (unpaired) electrons. The number of H-pyrrole nitrogens is 1. The molecule has 11 heteroatoms. The van der Waals surface area contributed by atoms with Gasteiger partial charge in [0.2, 0.25) is 5.95 Å². The molecule has 0 atom stereocenters. The van der Waals surface area contributed by atoms with E-state index in [0.717, 1.165) is 12.1 Å². The molecule has 30 heavy (non-hydrogen) atoms. The van der Waals surface area contributed by atoms with Gasteiger partial charge in [0.1, 0.15) is 11.2 Å². The third-order valence-corrected chi connectivity index (χ3v) is 5.22. The summed E-state index contributed by atoms with van der Waals surface area (Å²) in [5, 5.41) is 12.2. The number of pyridine rings is 1. The average molecular weight is 440 g/mol. The van der Waals surface area contributed by atoms with Crippen molar-refractivity contribution in [2.75, 3.05) is 23.3 Å². The first kappa shape index (κ1) is 20.4. The van der Waals surface area contributed by atoms with Crippen LogP contribution in [0.4, 0.5) is 30.6 Å². The van der Waals surface area contributed by atoms with Crippen molar-refractivity contribution in [1.82, 2.24) is 15.0 Å². The highest BCUT2D eigenvalue weighted by molar-refractivity contribution is 6.31. The van der Waals surface area contributed by atoms with Crippen molar-refractivity contribution in [3.05, 3.63) is 51.4 Å². The van der Waals surface area contributed by atoms with Gasteiger partial charge in [-0.05, 0) is 37.1 Å². The van der Waals surface area contributed by atoms with E-state index in [0.29, 0.717) is 37.4 Å². The predicted octanol–water partition coefficient (Wildman–Crippen LogP) is 3.70. The third kappa shape index (κ3) is 4.05. The quantitative estimate of drug-likeness (QED) is 0.576. The van der Waals surface area contributed by atoms with Gasteiger partial charge in [-0.1, -0.05) is 11.6 Å². The highest BCUT2D eigenvalue weighted by Gasteiger charge is 2.33. The smallest absolute Gasteiger partial charge is 0.393 e. The summed E-state index contributed by atoms with van der Waals surface area (Å²) in [4.78, 5) is 25.6. The summed E-state index contributed by atoms with van der Waals surface area (Å²) in [5.74, 6) is 0.408. The van der Waals surface area contributed by atoms with E-state index in [1.165, 1.54) is 12.3 Å². The van der Waals surface area contributed by atoms with Crippen molar-refractivity contribution in [1.29, 1.82) is 0 Å². The Bertz CT molecular complexity index is 1140. The number of piperidine rings is 1. The number of nitrogens with zero attached hydrogens (tertiary/aromatic N) is 3. The van der Waals surface area contributed by atoms with Gasteiger partial charge in [-0.25, -0.2) is 4.98 Å². The van der Waals surface area contributed by atoms with Gasteiger partial charge in [0.25, 0.3) is 5.56 Å². The molecule has 3 heterocycles. The van der Waals surface area contributed by atoms with Crippen LogP contribution in [0.5, 0.6) is 0 Å². The number of alkyl halides is 3. The lowest BCUT2D eigenvalue weighted by Gasteiger charge is -2.30. The number of rotatable bonds is 3. The second kappa shape index (κ2) is 7.77. The molecule has 0 saturated carbocycles. The van der Waals surface area contributed by atoms with E-state index < -0.39 is 28.4 Å². The second-order valence-corrected chi connectivity index (χ2v) is 7.38. The Morgan fingerprint density at radius 3 is 2.63 bits per heavy atom. The SMILES string of the molecule is O=c1[nH]ccc2nc(N3CCC(O)CC3)nc(Nc3ccc(Cl)c(C(F)(F)F)c3)c12. The van der Waals surface area contributed by atoms with Crippen molar-refractivity contribution < 1.29 is 18.3 Å². The van der Waals surface area contributed by atoms with E-state index in [9.17, 15) is 23.1 Å². The standard InChI is InChI=1S/C19H17ClF3N5O2/c20-13-2-1-10(9-12(13)19(21,22)23)25-16-15-14(3-6-24-17(15)30)26-18(27-16)28-7-4-11(29)5-8-28/h1-3,6,9,11,29H,4-5,7-8H2,(H,24,30)(H,25,26,27). The van der Waals surface area contributed by atoms with Crippen LogP contribution in [0, 0.1) is 0 Å². The lowest BCUT2D eigenvalue weighted by Crippen LogP contribution is -2.37. The minimum absolute atomic E-state index is 0.0787. The van der Waals surface area contributed by atoms with Gasteiger partial charge in [0.15, 0.2) is 0 Å². The number of hydrogen-bond donors (Lipinski definition) is 3. The number of benzene rings is 1. The summed E-state index contributed by atoms with van der Waals surface area (Å²) in [7, 11) is 0. The maximum absolute atomic E-state index is 13.2. The summed E-state index contributed by atoms with van der Waals surface area (Å²) >= 11 is 5.69. The van der Waals surface area contributed by atoms with Crippen molar-refractivity contribution in [2.45, 2.75) is 25.1 Å². The molecule has 1 aliphatic heterocycles. The molecule has 2 aromatic heterocycles. The van der Waals surface area contributed by atoms with E-state index >= 15 is 0 Å². The number of aromatic nitrogens is 3. The van der Waals surface area contributed by atoms with Gasteiger partial charge in [0, 0.05) is 25.0 Å². The zero-order valence-electron chi connectivity index (χ0n) is 15.5. The molecule has 3 aromatic rings. The molecule has 0 bridgehead atoms. The zero-order chi connectivity index (χ0) is 21.5. The fourth-order valence-electron chi connectivity index (χ4n) is 3.33. The number of aromatic amines is 1. The van der Waals surface area contributed by atoms with Gasteiger partial charge in [0.05, 0.1) is 22.2 Å². The summed E-state index contributed by atoms with van der Waals surface area (Å²) in [5.41, 5.74) is -1.04. The van der Waals surface area contributed by atoms with Gasteiger partial charge in [-0.15, -0.1) is 0 Å². The summed E-state index contributed by atoms with van der Waals surface area (Å²) < 4.78 is 39.6. The van der Waals surface area contributed by atoms with Crippen LogP contribution in [-0.4, -0.2) is 39.3 Å². The van der Waals surface area contributed by atoms with Crippen LogP contribution in [-0.2, 0) is 6.18 Å².